The number of halogens is 2. The van der Waals surface area contributed by atoms with E-state index in [0.29, 0.717) is 11.3 Å². The zero-order chi connectivity index (χ0) is 18.2. The Morgan fingerprint density at radius 1 is 1.20 bits per heavy atom. The summed E-state index contributed by atoms with van der Waals surface area (Å²) in [5, 5.41) is 2.58. The van der Waals surface area contributed by atoms with E-state index >= 15 is 0 Å². The average molecular weight is 386 g/mol. The summed E-state index contributed by atoms with van der Waals surface area (Å²) >= 11 is 0. The smallest absolute Gasteiger partial charge is 0.261 e. The summed E-state index contributed by atoms with van der Waals surface area (Å²) in [4.78, 5) is 12.3. The number of fused-ring (bicyclic) bond motifs is 1. The van der Waals surface area contributed by atoms with Crippen molar-refractivity contribution in [1.82, 2.24) is 0 Å². The molecule has 132 valence electrons. The zero-order valence-electron chi connectivity index (χ0n) is 13.0. The zero-order valence-corrected chi connectivity index (χ0v) is 14.6. The summed E-state index contributed by atoms with van der Waals surface area (Å²) < 4.78 is 47.4. The van der Waals surface area contributed by atoms with Gasteiger partial charge >= 0.3 is 0 Å². The number of carbonyl (C=O) groups is 1. The predicted molar refractivity (Wildman–Crippen MR) is 89.6 cm³/mol. The molecule has 1 aliphatic rings. The van der Waals surface area contributed by atoms with E-state index in [-0.39, 0.29) is 35.2 Å². The topological polar surface area (TPSA) is 81.7 Å². The summed E-state index contributed by atoms with van der Waals surface area (Å²) in [6.07, 6.45) is 0. The van der Waals surface area contributed by atoms with Crippen molar-refractivity contribution in [3.8, 4) is 11.5 Å². The van der Waals surface area contributed by atoms with Crippen LogP contribution in [0.25, 0.3) is 0 Å². The summed E-state index contributed by atoms with van der Waals surface area (Å²) in [5.74, 6) is -0.780. The van der Waals surface area contributed by atoms with Crippen LogP contribution in [-0.4, -0.2) is 27.5 Å². The number of carbonyl (C=O) groups excluding carboxylic acids is 1. The lowest BCUT2D eigenvalue weighted by Gasteiger charge is -2.21. The molecule has 1 N–H and O–H groups in total. The van der Waals surface area contributed by atoms with Gasteiger partial charge in [-0.05, 0) is 36.8 Å². The van der Waals surface area contributed by atoms with Crippen molar-refractivity contribution in [3.63, 3.8) is 0 Å². The Morgan fingerprint density at radius 2 is 1.92 bits per heavy atom. The summed E-state index contributed by atoms with van der Waals surface area (Å²) in [6.45, 7) is 2.00. The number of hydrogen-bond donors (Lipinski definition) is 1. The Balaban J connectivity index is 2.02. The van der Waals surface area contributed by atoms with Crippen LogP contribution in [0.15, 0.2) is 35.2 Å². The van der Waals surface area contributed by atoms with Crippen LogP contribution in [0.3, 0.4) is 0 Å². The molecule has 1 aliphatic heterocycles. The molecule has 1 amide bonds. The van der Waals surface area contributed by atoms with E-state index in [1.807, 2.05) is 0 Å². The second kappa shape index (κ2) is 6.53. The molecule has 0 spiro atoms. The van der Waals surface area contributed by atoms with Gasteiger partial charge in [0.05, 0.1) is 10.5 Å². The average Bonchev–Trinajstić information content (AvgIpc) is 2.56. The van der Waals surface area contributed by atoms with Crippen LogP contribution in [0.1, 0.15) is 15.9 Å². The molecule has 0 saturated carbocycles. The fourth-order valence-electron chi connectivity index (χ4n) is 2.36. The first-order chi connectivity index (χ1) is 11.8. The van der Waals surface area contributed by atoms with Gasteiger partial charge in [-0.1, -0.05) is 0 Å². The molecular weight excluding hydrogens is 373 g/mol. The molecule has 0 aromatic heterocycles. The number of hydrogen-bond acceptors (Lipinski definition) is 5. The van der Waals surface area contributed by atoms with Crippen molar-refractivity contribution in [2.24, 2.45) is 0 Å². The lowest BCUT2D eigenvalue weighted by molar-refractivity contribution is 0.101. The van der Waals surface area contributed by atoms with Gasteiger partial charge < -0.3 is 14.8 Å². The molecule has 0 radical (unpaired) electrons. The van der Waals surface area contributed by atoms with Gasteiger partial charge in [0.15, 0.2) is 11.5 Å². The third-order valence-electron chi connectivity index (χ3n) is 3.56. The molecular formula is C16H13ClFNO5S. The minimum absolute atomic E-state index is 0.0431. The molecule has 3 rings (SSSR count). The van der Waals surface area contributed by atoms with Gasteiger partial charge in [-0.2, -0.15) is 0 Å². The highest BCUT2D eigenvalue weighted by Crippen LogP contribution is 2.37. The number of benzene rings is 2. The van der Waals surface area contributed by atoms with Gasteiger partial charge in [0.2, 0.25) is 0 Å². The van der Waals surface area contributed by atoms with Gasteiger partial charge in [-0.3, -0.25) is 4.79 Å². The molecule has 25 heavy (non-hydrogen) atoms. The largest absolute Gasteiger partial charge is 0.486 e. The fraction of sp³-hybridized carbons (Fsp3) is 0.188. The van der Waals surface area contributed by atoms with Crippen molar-refractivity contribution < 1.29 is 27.1 Å². The van der Waals surface area contributed by atoms with E-state index in [0.717, 1.165) is 6.07 Å². The number of nitrogens with one attached hydrogen (secondary N) is 1. The van der Waals surface area contributed by atoms with E-state index in [1.54, 1.807) is 6.92 Å². The van der Waals surface area contributed by atoms with Crippen LogP contribution in [-0.2, 0) is 9.05 Å². The molecule has 2 aromatic carbocycles. The Hall–Kier alpha value is -2.32. The van der Waals surface area contributed by atoms with Crippen LogP contribution in [0.5, 0.6) is 11.5 Å². The van der Waals surface area contributed by atoms with E-state index in [1.165, 1.54) is 24.3 Å². The quantitative estimate of drug-likeness (QED) is 0.821. The Kier molecular flexibility index (Phi) is 4.57. The molecule has 0 unspecified atom stereocenters. The van der Waals surface area contributed by atoms with Gasteiger partial charge in [-0.25, -0.2) is 12.8 Å². The molecule has 9 heteroatoms. The molecule has 1 heterocycles. The molecule has 0 atom stereocenters. The second-order valence-corrected chi connectivity index (χ2v) is 7.92. The standard InChI is InChI=1S/C16H13ClFNO5S/c1-9-6-10(2-3-13(9)18)19-16(20)12-7-11(25(17,21)22)8-14-15(12)24-5-4-23-14/h2-3,6-8H,4-5H2,1H3,(H,19,20). The number of ether oxygens (including phenoxy) is 2. The van der Waals surface area contributed by atoms with Crippen LogP contribution >= 0.6 is 10.7 Å². The maximum Gasteiger partial charge on any atom is 0.261 e. The third-order valence-corrected chi connectivity index (χ3v) is 4.89. The van der Waals surface area contributed by atoms with Crippen LogP contribution < -0.4 is 14.8 Å². The number of rotatable bonds is 3. The highest BCUT2D eigenvalue weighted by Gasteiger charge is 2.25. The minimum atomic E-state index is -4.07. The van der Waals surface area contributed by atoms with Crippen molar-refractivity contribution in [2.45, 2.75) is 11.8 Å². The first kappa shape index (κ1) is 17.5. The normalized spacial score (nSPS) is 13.4. The van der Waals surface area contributed by atoms with E-state index in [2.05, 4.69) is 5.32 Å². The highest BCUT2D eigenvalue weighted by molar-refractivity contribution is 8.13. The number of anilines is 1. The third kappa shape index (κ3) is 3.69. The highest BCUT2D eigenvalue weighted by atomic mass is 35.7. The molecule has 0 fully saturated rings. The number of amides is 1. The monoisotopic (exact) mass is 385 g/mol. The Bertz CT molecular complexity index is 961. The molecule has 6 nitrogen and oxygen atoms in total. The molecule has 2 aromatic rings. The SMILES string of the molecule is Cc1cc(NC(=O)c2cc(S(=O)(=O)Cl)cc3c2OCCO3)ccc1F. The molecule has 0 saturated heterocycles. The maximum absolute atomic E-state index is 13.3. The second-order valence-electron chi connectivity index (χ2n) is 5.35. The lowest BCUT2D eigenvalue weighted by Crippen LogP contribution is -2.21. The molecule has 0 aliphatic carbocycles. The van der Waals surface area contributed by atoms with E-state index < -0.39 is 20.8 Å². The van der Waals surface area contributed by atoms with Crippen LogP contribution in [0.2, 0.25) is 0 Å². The van der Waals surface area contributed by atoms with Crippen LogP contribution in [0.4, 0.5) is 10.1 Å². The van der Waals surface area contributed by atoms with Gasteiger partial charge in [0, 0.05) is 22.4 Å². The minimum Gasteiger partial charge on any atom is -0.486 e. The van der Waals surface area contributed by atoms with Crippen LogP contribution in [0, 0.1) is 12.7 Å². The lowest BCUT2D eigenvalue weighted by atomic mass is 10.1. The maximum atomic E-state index is 13.3. The van der Waals surface area contributed by atoms with E-state index in [9.17, 15) is 17.6 Å². The first-order valence-corrected chi connectivity index (χ1v) is 9.52. The summed E-state index contributed by atoms with van der Waals surface area (Å²) in [5.41, 5.74) is 0.670. The fourth-order valence-corrected chi connectivity index (χ4v) is 3.13. The van der Waals surface area contributed by atoms with Crippen molar-refractivity contribution in [2.75, 3.05) is 18.5 Å². The van der Waals surface area contributed by atoms with Gasteiger partial charge in [-0.15, -0.1) is 0 Å². The molecule has 0 bridgehead atoms. The Morgan fingerprint density at radius 3 is 2.60 bits per heavy atom. The Labute approximate surface area is 147 Å². The summed E-state index contributed by atoms with van der Waals surface area (Å²) in [6, 6.07) is 6.39. The van der Waals surface area contributed by atoms with Gasteiger partial charge in [0.25, 0.3) is 15.0 Å². The van der Waals surface area contributed by atoms with E-state index in [4.69, 9.17) is 20.2 Å². The summed E-state index contributed by atoms with van der Waals surface area (Å²) in [7, 11) is 1.31. The van der Waals surface area contributed by atoms with Crippen molar-refractivity contribution in [1.29, 1.82) is 0 Å². The van der Waals surface area contributed by atoms with Gasteiger partial charge in [0.1, 0.15) is 19.0 Å². The van der Waals surface area contributed by atoms with Crippen molar-refractivity contribution in [3.05, 3.63) is 47.3 Å². The van der Waals surface area contributed by atoms with Crippen molar-refractivity contribution >= 4 is 31.3 Å². The predicted octanol–water partition coefficient (Wildman–Crippen LogP) is 3.09. The number of aryl methyl sites for hydroxylation is 1. The first-order valence-electron chi connectivity index (χ1n) is 7.21.